The molecule has 2 aromatic heterocycles. The van der Waals surface area contributed by atoms with Crippen LogP contribution in [0.25, 0.3) is 11.2 Å². The molecule has 1 saturated heterocycles. The molecule has 186 valence electrons. The topological polar surface area (TPSA) is 126 Å². The van der Waals surface area contributed by atoms with Gasteiger partial charge in [-0.05, 0) is 43.4 Å². The molecule has 0 spiro atoms. The molecular weight excluding hydrogens is 480 g/mol. The molecule has 2 fully saturated rings. The third-order valence-electron chi connectivity index (χ3n) is 6.18. The number of carbonyl (C=O) groups excluding carboxylic acids is 1. The first kappa shape index (κ1) is 23.6. The number of halogens is 2. The fourth-order valence-electron chi connectivity index (χ4n) is 4.20. The van der Waals surface area contributed by atoms with Crippen molar-refractivity contribution in [2.75, 3.05) is 30.1 Å². The van der Waals surface area contributed by atoms with Crippen molar-refractivity contribution in [2.24, 2.45) is 5.92 Å². The van der Waals surface area contributed by atoms with Gasteiger partial charge < -0.3 is 20.4 Å². The molecule has 3 N–H and O–H groups in total. The Labute approximate surface area is 200 Å². The van der Waals surface area contributed by atoms with Crippen molar-refractivity contribution < 1.29 is 26.7 Å². The monoisotopic (exact) mass is 505 g/mol. The molecular formula is C23H25F2N5O4S. The Morgan fingerprint density at radius 3 is 2.63 bits per heavy atom. The summed E-state index contributed by atoms with van der Waals surface area (Å²) in [5, 5.41) is 5.73. The average Bonchev–Trinajstić information content (AvgIpc) is 3.58. The second kappa shape index (κ2) is 9.15. The maximum absolute atomic E-state index is 13.3. The van der Waals surface area contributed by atoms with Gasteiger partial charge in [-0.25, -0.2) is 27.2 Å². The van der Waals surface area contributed by atoms with Gasteiger partial charge in [0, 0.05) is 30.8 Å². The third-order valence-corrected chi connectivity index (χ3v) is 7.32. The number of anilines is 3. The number of aromatic nitrogens is 3. The van der Waals surface area contributed by atoms with E-state index >= 15 is 0 Å². The lowest BCUT2D eigenvalue weighted by Crippen LogP contribution is -2.16. The van der Waals surface area contributed by atoms with Crippen LogP contribution in [0.5, 0.6) is 0 Å². The highest BCUT2D eigenvalue weighted by Crippen LogP contribution is 2.35. The molecule has 0 bridgehead atoms. The highest BCUT2D eigenvalue weighted by molar-refractivity contribution is 7.90. The zero-order valence-electron chi connectivity index (χ0n) is 19.0. The third kappa shape index (κ3) is 5.13. The molecule has 2 aliphatic rings. The summed E-state index contributed by atoms with van der Waals surface area (Å²) in [6.07, 6.45) is 1.62. The van der Waals surface area contributed by atoms with Gasteiger partial charge in [0.15, 0.2) is 21.3 Å². The number of ether oxygens (including phenoxy) is 1. The molecule has 12 heteroatoms. The smallest absolute Gasteiger partial charge is 0.295 e. The predicted octanol–water partition coefficient (Wildman–Crippen LogP) is 4.29. The molecule has 1 atom stereocenters. The summed E-state index contributed by atoms with van der Waals surface area (Å²) in [6, 6.07) is 6.57. The molecule has 1 aliphatic carbocycles. The van der Waals surface area contributed by atoms with Gasteiger partial charge in [-0.3, -0.25) is 4.79 Å². The van der Waals surface area contributed by atoms with Gasteiger partial charge in [0.05, 0.1) is 22.9 Å². The number of carbonyl (C=O) groups is 1. The number of benzene rings is 1. The van der Waals surface area contributed by atoms with Gasteiger partial charge in [-0.2, -0.15) is 0 Å². The van der Waals surface area contributed by atoms with Gasteiger partial charge in [0.1, 0.15) is 11.3 Å². The molecule has 0 radical (unpaired) electrons. The number of hydrogen-bond donors (Lipinski definition) is 3. The van der Waals surface area contributed by atoms with Gasteiger partial charge >= 0.3 is 0 Å². The van der Waals surface area contributed by atoms with Crippen molar-refractivity contribution in [3.8, 4) is 0 Å². The number of sulfone groups is 1. The van der Waals surface area contributed by atoms with Gasteiger partial charge in [-0.15, -0.1) is 0 Å². The van der Waals surface area contributed by atoms with E-state index in [0.717, 1.165) is 37.5 Å². The molecule has 1 aliphatic heterocycles. The van der Waals surface area contributed by atoms with E-state index in [-0.39, 0.29) is 51.0 Å². The summed E-state index contributed by atoms with van der Waals surface area (Å²) in [4.78, 5) is 23.0. The maximum atomic E-state index is 13.3. The van der Waals surface area contributed by atoms with Crippen LogP contribution >= 0.6 is 0 Å². The Kier molecular flexibility index (Phi) is 6.18. The van der Waals surface area contributed by atoms with E-state index < -0.39 is 22.1 Å². The maximum Gasteiger partial charge on any atom is 0.295 e. The fraction of sp³-hybridized carbons (Fsp3) is 0.435. The van der Waals surface area contributed by atoms with Crippen molar-refractivity contribution in [1.82, 2.24) is 15.0 Å². The van der Waals surface area contributed by atoms with Gasteiger partial charge in [0.25, 0.3) is 6.43 Å². The summed E-state index contributed by atoms with van der Waals surface area (Å²) in [6.45, 7) is 1.21. The molecule has 35 heavy (non-hydrogen) atoms. The number of fused-ring (bicyclic) bond motifs is 1. The van der Waals surface area contributed by atoms with Crippen LogP contribution in [0.2, 0.25) is 0 Å². The number of alkyl halides is 2. The van der Waals surface area contributed by atoms with Gasteiger partial charge in [-0.1, -0.05) is 6.07 Å². The summed E-state index contributed by atoms with van der Waals surface area (Å²) in [7, 11) is -3.65. The lowest BCUT2D eigenvalue weighted by Gasteiger charge is -2.23. The number of hydrogen-bond acceptors (Lipinski definition) is 7. The molecule has 3 aromatic rings. The largest absolute Gasteiger partial charge is 0.381 e. The Balaban J connectivity index is 1.55. The second-order valence-electron chi connectivity index (χ2n) is 9.01. The Bertz CT molecular complexity index is 1380. The number of nitrogens with zero attached hydrogens (tertiary/aromatic N) is 2. The van der Waals surface area contributed by atoms with Crippen LogP contribution in [0.3, 0.4) is 0 Å². The first-order valence-corrected chi connectivity index (χ1v) is 13.3. The fourth-order valence-corrected chi connectivity index (χ4v) is 5.07. The van der Waals surface area contributed by atoms with E-state index in [4.69, 9.17) is 4.74 Å². The van der Waals surface area contributed by atoms with Crippen molar-refractivity contribution in [1.29, 1.82) is 0 Å². The van der Waals surface area contributed by atoms with Crippen molar-refractivity contribution >= 4 is 44.1 Å². The Morgan fingerprint density at radius 2 is 1.97 bits per heavy atom. The van der Waals surface area contributed by atoms with E-state index in [2.05, 4.69) is 25.6 Å². The summed E-state index contributed by atoms with van der Waals surface area (Å²) >= 11 is 0. The highest BCUT2D eigenvalue weighted by atomic mass is 32.2. The second-order valence-corrected chi connectivity index (χ2v) is 11.0. The average molecular weight is 506 g/mol. The lowest BCUT2D eigenvalue weighted by molar-refractivity contribution is -0.117. The van der Waals surface area contributed by atoms with E-state index in [1.54, 1.807) is 12.1 Å². The van der Waals surface area contributed by atoms with Crippen LogP contribution in [-0.2, 0) is 19.4 Å². The number of nitrogens with one attached hydrogen (secondary N) is 3. The van der Waals surface area contributed by atoms with E-state index in [1.807, 2.05) is 6.07 Å². The van der Waals surface area contributed by atoms with E-state index in [1.165, 1.54) is 6.07 Å². The van der Waals surface area contributed by atoms with Crippen LogP contribution in [0.15, 0.2) is 29.2 Å². The van der Waals surface area contributed by atoms with Crippen LogP contribution in [-0.4, -0.2) is 48.7 Å². The predicted molar refractivity (Wildman–Crippen MR) is 126 cm³/mol. The minimum atomic E-state index is -3.65. The zero-order valence-corrected chi connectivity index (χ0v) is 19.8. The SMILES string of the molecule is CS(=O)(=O)c1cc([C@H]2CCCOC2)ccc1Nc1cc(NC(=O)C2CC2)nc2[nH]c(C(F)F)nc12. The molecule has 9 nitrogen and oxygen atoms in total. The van der Waals surface area contributed by atoms with Crippen LogP contribution in [0.1, 0.15) is 49.4 Å². The highest BCUT2D eigenvalue weighted by Gasteiger charge is 2.30. The number of aromatic amines is 1. The summed E-state index contributed by atoms with van der Waals surface area (Å²) in [5.41, 5.74) is 1.51. The van der Waals surface area contributed by atoms with E-state index in [9.17, 15) is 22.0 Å². The minimum absolute atomic E-state index is 0.0493. The lowest BCUT2D eigenvalue weighted by atomic mass is 9.93. The normalized spacial score (nSPS) is 18.7. The first-order valence-electron chi connectivity index (χ1n) is 11.4. The number of pyridine rings is 1. The zero-order chi connectivity index (χ0) is 24.7. The molecule has 1 amide bonds. The molecule has 1 saturated carbocycles. The number of rotatable bonds is 7. The molecule has 5 rings (SSSR count). The number of imidazole rings is 1. The molecule has 1 aromatic carbocycles. The van der Waals surface area contributed by atoms with Gasteiger partial charge in [0.2, 0.25) is 5.91 Å². The van der Waals surface area contributed by atoms with Crippen LogP contribution in [0, 0.1) is 5.92 Å². The van der Waals surface area contributed by atoms with Crippen LogP contribution in [0.4, 0.5) is 26.0 Å². The quantitative estimate of drug-likeness (QED) is 0.437. The molecule has 0 unspecified atom stereocenters. The first-order chi connectivity index (χ1) is 16.7. The minimum Gasteiger partial charge on any atom is -0.381 e. The summed E-state index contributed by atoms with van der Waals surface area (Å²) < 4.78 is 57.5. The Hall–Kier alpha value is -3.12. The van der Waals surface area contributed by atoms with Crippen LogP contribution < -0.4 is 10.6 Å². The van der Waals surface area contributed by atoms with Crippen molar-refractivity contribution in [3.05, 3.63) is 35.7 Å². The Morgan fingerprint density at radius 1 is 1.17 bits per heavy atom. The molecule has 3 heterocycles. The van der Waals surface area contributed by atoms with Crippen molar-refractivity contribution in [2.45, 2.75) is 42.9 Å². The number of amides is 1. The number of H-pyrrole nitrogens is 1. The standard InChI is InChI=1S/C23H25F2N5O4S/c1-35(32,33)17-9-13(14-3-2-8-34-11-14)6-7-15(17)26-16-10-18(28-23(31)12-4-5-12)27-21-19(16)29-22(30-21)20(24)25/h6-7,9-10,12,14,20H,2-5,8,11H2,1H3,(H3,26,27,28,29,30,31)/t14-/m0/s1. The van der Waals surface area contributed by atoms with Crippen molar-refractivity contribution in [3.63, 3.8) is 0 Å². The summed E-state index contributed by atoms with van der Waals surface area (Å²) in [5.74, 6) is -0.617. The van der Waals surface area contributed by atoms with E-state index in [0.29, 0.717) is 13.2 Å².